The summed E-state index contributed by atoms with van der Waals surface area (Å²) in [6, 6.07) is 14.1. The van der Waals surface area contributed by atoms with E-state index in [1.807, 2.05) is 31.2 Å². The fourth-order valence-corrected chi connectivity index (χ4v) is 3.87. The van der Waals surface area contributed by atoms with Crippen LogP contribution in [-0.2, 0) is 9.53 Å². The maximum absolute atomic E-state index is 12.8. The zero-order valence-corrected chi connectivity index (χ0v) is 18.0. The Morgan fingerprint density at radius 1 is 1.13 bits per heavy atom. The fraction of sp³-hybridized carbons (Fsp3) is 0.227. The predicted octanol–water partition coefficient (Wildman–Crippen LogP) is 3.88. The van der Waals surface area contributed by atoms with E-state index in [0.29, 0.717) is 39.1 Å². The van der Waals surface area contributed by atoms with Crippen LogP contribution in [0.2, 0.25) is 0 Å². The third-order valence-corrected chi connectivity index (χ3v) is 5.46. The van der Waals surface area contributed by atoms with Crippen LogP contribution in [0, 0.1) is 0 Å². The van der Waals surface area contributed by atoms with E-state index in [2.05, 4.69) is 15.2 Å². The van der Waals surface area contributed by atoms with Crippen LogP contribution in [0.15, 0.2) is 53.7 Å². The molecule has 158 valence electrons. The van der Waals surface area contributed by atoms with Crippen LogP contribution in [0.5, 0.6) is 5.88 Å². The molecule has 4 rings (SSSR count). The zero-order chi connectivity index (χ0) is 22.0. The maximum Gasteiger partial charge on any atom is 0.337 e. The Labute approximate surface area is 183 Å². The van der Waals surface area contributed by atoms with Crippen LogP contribution in [-0.4, -0.2) is 39.9 Å². The molecule has 0 saturated carbocycles. The van der Waals surface area contributed by atoms with Crippen molar-refractivity contribution in [2.45, 2.75) is 25.2 Å². The standard InChI is InChI=1S/C22H20N4O4S/c1-4-31-22-23-19-18(24-25-22)16-7-5-6-8-17(16)26(13(2)27)20(30-19)14-9-11-15(12-10-14)21(28)29-3/h5-12,20H,4H2,1-3H3. The van der Waals surface area contributed by atoms with Crippen LogP contribution in [0.1, 0.15) is 36.0 Å². The fourth-order valence-electron chi connectivity index (χ4n) is 3.36. The smallest absolute Gasteiger partial charge is 0.337 e. The largest absolute Gasteiger partial charge is 0.465 e. The molecule has 1 aromatic heterocycles. The Morgan fingerprint density at radius 2 is 1.87 bits per heavy atom. The topological polar surface area (TPSA) is 94.5 Å². The van der Waals surface area contributed by atoms with Gasteiger partial charge in [-0.2, -0.15) is 4.98 Å². The molecule has 1 unspecified atom stereocenters. The first-order chi connectivity index (χ1) is 15.0. The SMILES string of the molecule is CCSc1nnc2c(n1)OC(c1ccc(C(=O)OC)cc1)N(C(C)=O)c1ccccc1-2. The maximum atomic E-state index is 12.8. The average molecular weight is 436 g/mol. The molecular weight excluding hydrogens is 416 g/mol. The number of para-hydroxylation sites is 1. The lowest BCUT2D eigenvalue weighted by Crippen LogP contribution is -2.36. The number of carbonyl (C=O) groups is 2. The number of rotatable bonds is 4. The Hall–Kier alpha value is -3.46. The molecule has 0 N–H and O–H groups in total. The average Bonchev–Trinajstić information content (AvgIpc) is 2.93. The molecule has 2 heterocycles. The normalized spacial score (nSPS) is 14.7. The van der Waals surface area contributed by atoms with Gasteiger partial charge in [-0.3, -0.25) is 9.69 Å². The number of carbonyl (C=O) groups excluding carboxylic acids is 2. The lowest BCUT2D eigenvalue weighted by atomic mass is 10.1. The molecule has 31 heavy (non-hydrogen) atoms. The summed E-state index contributed by atoms with van der Waals surface area (Å²) in [5.74, 6) is 0.433. The predicted molar refractivity (Wildman–Crippen MR) is 116 cm³/mol. The van der Waals surface area contributed by atoms with E-state index in [1.165, 1.54) is 25.8 Å². The Balaban J connectivity index is 1.87. The summed E-state index contributed by atoms with van der Waals surface area (Å²) in [5.41, 5.74) is 2.89. The van der Waals surface area contributed by atoms with Gasteiger partial charge in [-0.05, 0) is 24.0 Å². The second-order valence-electron chi connectivity index (χ2n) is 6.67. The summed E-state index contributed by atoms with van der Waals surface area (Å²) in [5, 5.41) is 9.04. The van der Waals surface area contributed by atoms with E-state index in [-0.39, 0.29) is 5.91 Å². The number of aromatic nitrogens is 3. The van der Waals surface area contributed by atoms with Crippen molar-refractivity contribution >= 4 is 29.3 Å². The molecule has 1 aliphatic heterocycles. The van der Waals surface area contributed by atoms with Crippen molar-refractivity contribution in [1.29, 1.82) is 0 Å². The highest BCUT2D eigenvalue weighted by Crippen LogP contribution is 2.43. The molecule has 0 fully saturated rings. The van der Waals surface area contributed by atoms with E-state index < -0.39 is 12.2 Å². The number of fused-ring (bicyclic) bond motifs is 3. The highest BCUT2D eigenvalue weighted by Gasteiger charge is 2.34. The molecule has 0 radical (unpaired) electrons. The van der Waals surface area contributed by atoms with E-state index >= 15 is 0 Å². The third kappa shape index (κ3) is 3.96. The molecule has 0 saturated heterocycles. The van der Waals surface area contributed by atoms with Gasteiger partial charge in [0.05, 0.1) is 18.4 Å². The van der Waals surface area contributed by atoms with Gasteiger partial charge in [0.15, 0.2) is 5.69 Å². The first kappa shape index (κ1) is 20.8. The second-order valence-corrected chi connectivity index (χ2v) is 7.90. The van der Waals surface area contributed by atoms with Gasteiger partial charge < -0.3 is 9.47 Å². The number of hydrogen-bond donors (Lipinski definition) is 0. The van der Waals surface area contributed by atoms with E-state index in [1.54, 1.807) is 29.2 Å². The Bertz CT molecular complexity index is 1140. The minimum absolute atomic E-state index is 0.210. The lowest BCUT2D eigenvalue weighted by molar-refractivity contribution is -0.118. The van der Waals surface area contributed by atoms with Gasteiger partial charge >= 0.3 is 5.97 Å². The van der Waals surface area contributed by atoms with Gasteiger partial charge in [-0.1, -0.05) is 49.0 Å². The highest BCUT2D eigenvalue weighted by atomic mass is 32.2. The summed E-state index contributed by atoms with van der Waals surface area (Å²) in [4.78, 5) is 30.7. The van der Waals surface area contributed by atoms with Gasteiger partial charge in [-0.25, -0.2) is 4.79 Å². The van der Waals surface area contributed by atoms with Crippen molar-refractivity contribution in [3.05, 3.63) is 59.7 Å². The van der Waals surface area contributed by atoms with E-state index in [0.717, 1.165) is 5.75 Å². The third-order valence-electron chi connectivity index (χ3n) is 4.74. The number of esters is 1. The first-order valence-corrected chi connectivity index (χ1v) is 10.6. The van der Waals surface area contributed by atoms with Crippen LogP contribution in [0.4, 0.5) is 5.69 Å². The Kier molecular flexibility index (Phi) is 5.85. The van der Waals surface area contributed by atoms with Gasteiger partial charge in [-0.15, -0.1) is 10.2 Å². The number of ether oxygens (including phenoxy) is 2. The van der Waals surface area contributed by atoms with Gasteiger partial charge in [0.25, 0.3) is 0 Å². The van der Waals surface area contributed by atoms with E-state index in [9.17, 15) is 9.59 Å². The molecule has 1 aliphatic rings. The number of hydrogen-bond acceptors (Lipinski definition) is 8. The molecule has 0 spiro atoms. The molecule has 9 heteroatoms. The zero-order valence-electron chi connectivity index (χ0n) is 17.2. The lowest BCUT2D eigenvalue weighted by Gasteiger charge is -2.29. The molecule has 0 bridgehead atoms. The molecule has 0 aliphatic carbocycles. The van der Waals surface area contributed by atoms with E-state index in [4.69, 9.17) is 9.47 Å². The van der Waals surface area contributed by atoms with Crippen LogP contribution in [0.3, 0.4) is 0 Å². The minimum atomic E-state index is -0.803. The van der Waals surface area contributed by atoms with Gasteiger partial charge in [0, 0.05) is 18.1 Å². The number of anilines is 1. The molecule has 3 aromatic rings. The van der Waals surface area contributed by atoms with Gasteiger partial charge in [0.1, 0.15) is 0 Å². The summed E-state index contributed by atoms with van der Waals surface area (Å²) in [6.07, 6.45) is -0.803. The molecule has 1 atom stereocenters. The quantitative estimate of drug-likeness (QED) is 0.449. The second kappa shape index (κ2) is 8.73. The molecule has 2 aromatic carbocycles. The van der Waals surface area contributed by atoms with Crippen molar-refractivity contribution in [2.75, 3.05) is 17.8 Å². The minimum Gasteiger partial charge on any atom is -0.465 e. The Morgan fingerprint density at radius 3 is 2.55 bits per heavy atom. The summed E-state index contributed by atoms with van der Waals surface area (Å²) < 4.78 is 11.0. The summed E-state index contributed by atoms with van der Waals surface area (Å²) in [7, 11) is 1.33. The van der Waals surface area contributed by atoms with Crippen molar-refractivity contribution in [2.24, 2.45) is 0 Å². The number of amides is 1. The number of nitrogens with zero attached hydrogens (tertiary/aromatic N) is 4. The van der Waals surface area contributed by atoms with Crippen molar-refractivity contribution in [3.63, 3.8) is 0 Å². The van der Waals surface area contributed by atoms with Crippen molar-refractivity contribution in [3.8, 4) is 17.1 Å². The molecule has 8 nitrogen and oxygen atoms in total. The van der Waals surface area contributed by atoms with Crippen LogP contribution >= 0.6 is 11.8 Å². The van der Waals surface area contributed by atoms with Crippen molar-refractivity contribution in [1.82, 2.24) is 15.2 Å². The number of methoxy groups -OCH3 is 1. The first-order valence-electron chi connectivity index (χ1n) is 9.65. The van der Waals surface area contributed by atoms with Gasteiger partial charge in [0.2, 0.25) is 23.2 Å². The molecule has 1 amide bonds. The van der Waals surface area contributed by atoms with Crippen LogP contribution < -0.4 is 9.64 Å². The number of thioether (sulfide) groups is 1. The van der Waals surface area contributed by atoms with Crippen LogP contribution in [0.25, 0.3) is 11.3 Å². The van der Waals surface area contributed by atoms with Crippen molar-refractivity contribution < 1.29 is 19.1 Å². The highest BCUT2D eigenvalue weighted by molar-refractivity contribution is 7.99. The monoisotopic (exact) mass is 436 g/mol. The summed E-state index contributed by atoms with van der Waals surface area (Å²) in [6.45, 7) is 3.47. The number of benzene rings is 2. The summed E-state index contributed by atoms with van der Waals surface area (Å²) >= 11 is 1.45. The molecular formula is C22H20N4O4S.